The number of hydrogen-bond acceptors (Lipinski definition) is 11. The Labute approximate surface area is 379 Å². The number of aromatic hydroxyl groups is 1. The van der Waals surface area contributed by atoms with E-state index >= 15 is 0 Å². The molecule has 0 radical (unpaired) electrons. The van der Waals surface area contributed by atoms with Gasteiger partial charge in [0.05, 0.1) is 18.1 Å². The molecule has 1 saturated heterocycles. The van der Waals surface area contributed by atoms with Crippen LogP contribution in [-0.4, -0.2) is 117 Å². The van der Waals surface area contributed by atoms with Gasteiger partial charge in [-0.15, -0.1) is 0 Å². The number of Topliss-reactive ketones (excluding diaryl/α,β-unsaturated/α-hetero) is 1. The lowest BCUT2D eigenvalue weighted by Crippen LogP contribution is -2.62. The summed E-state index contributed by atoms with van der Waals surface area (Å²) in [6.07, 6.45) is 8.76. The summed E-state index contributed by atoms with van der Waals surface area (Å²) in [5.74, 6) is -4.92. The molecule has 2 aliphatic heterocycles. The van der Waals surface area contributed by atoms with Gasteiger partial charge in [-0.3, -0.25) is 29.0 Å². The smallest absolute Gasteiger partial charge is 0.325 e. The molecule has 8 atom stereocenters. The molecular formula is C49H73N5O10. The standard InChI is InChI=1S/C49H73N5O10/c1-30(2)28-53(29-31(3)4)43(58)22-13-16-33(7)42-21-12-10-11-20-41(57)35(9)45(59)38(24-23-34(8)55)46(60)51-44(32(5)6)47(61)50-40(27-36-17-14-18-37(56)26-36)48(62)54-25-15-19-39(52-54)49(63)64-42/h10-14,16-18,20,22,26,30-32,35,38-42,44-45,52,56-57,59H,15,19,21,23-25,27-29H2,1-9H3,(H,50,61)(H,51,60)/b12-10+,20-11+,22-13+,33-16+/t35-,38+,39?,40-,41-,42-,44-,45+/m0/s1. The predicted molar refractivity (Wildman–Crippen MR) is 245 cm³/mol. The van der Waals surface area contributed by atoms with Crippen LogP contribution in [0.15, 0.2) is 72.4 Å². The topological polar surface area (TPSA) is 215 Å². The number of phenols is 1. The summed E-state index contributed by atoms with van der Waals surface area (Å²) in [5.41, 5.74) is 4.20. The number of carbonyl (C=O) groups is 6. The van der Waals surface area contributed by atoms with E-state index in [0.717, 1.165) is 0 Å². The van der Waals surface area contributed by atoms with Crippen LogP contribution in [-0.2, 0) is 39.9 Å². The number of ketones is 1. The summed E-state index contributed by atoms with van der Waals surface area (Å²) in [6, 6.07) is 2.93. The first-order chi connectivity index (χ1) is 30.2. The van der Waals surface area contributed by atoms with E-state index < -0.39 is 77.9 Å². The highest BCUT2D eigenvalue weighted by Crippen LogP contribution is 2.24. The summed E-state index contributed by atoms with van der Waals surface area (Å²) in [5, 5.41) is 39.8. The second-order valence-corrected chi connectivity index (χ2v) is 18.4. The minimum absolute atomic E-state index is 0.0280. The summed E-state index contributed by atoms with van der Waals surface area (Å²) in [4.78, 5) is 83.5. The normalized spacial score (nSPS) is 27.1. The zero-order valence-electron chi connectivity index (χ0n) is 39.2. The minimum atomic E-state index is -1.42. The van der Waals surface area contributed by atoms with E-state index in [1.54, 1.807) is 70.2 Å². The highest BCUT2D eigenvalue weighted by atomic mass is 16.5. The Balaban J connectivity index is 2.07. The molecule has 6 N–H and O–H groups in total. The lowest BCUT2D eigenvalue weighted by Gasteiger charge is -2.36. The summed E-state index contributed by atoms with van der Waals surface area (Å²) in [6.45, 7) is 17.8. The molecule has 15 nitrogen and oxygen atoms in total. The number of rotatable bonds is 13. The van der Waals surface area contributed by atoms with E-state index in [2.05, 4.69) is 43.8 Å². The quantitative estimate of drug-likeness (QED) is 0.0924. The number of phenolic OH excluding ortho intramolecular Hbond substituents is 1. The van der Waals surface area contributed by atoms with Gasteiger partial charge in [0.15, 0.2) is 0 Å². The van der Waals surface area contributed by atoms with Gasteiger partial charge in [-0.25, -0.2) is 5.43 Å². The van der Waals surface area contributed by atoms with Crippen molar-refractivity contribution in [3.63, 3.8) is 0 Å². The van der Waals surface area contributed by atoms with Gasteiger partial charge in [0.2, 0.25) is 17.7 Å². The van der Waals surface area contributed by atoms with Crippen LogP contribution in [0.2, 0.25) is 0 Å². The molecule has 0 aliphatic carbocycles. The van der Waals surface area contributed by atoms with Crippen molar-refractivity contribution in [1.82, 2.24) is 26.0 Å². The Morgan fingerprint density at radius 3 is 2.28 bits per heavy atom. The molecule has 2 heterocycles. The van der Waals surface area contributed by atoms with E-state index in [1.165, 1.54) is 36.2 Å². The van der Waals surface area contributed by atoms with Crippen molar-refractivity contribution in [3.05, 3.63) is 77.9 Å². The Hall–Kier alpha value is -5.12. The van der Waals surface area contributed by atoms with Gasteiger partial charge in [-0.05, 0) is 74.1 Å². The number of fused-ring (bicyclic) bond motifs is 2. The predicted octanol–water partition coefficient (Wildman–Crippen LogP) is 4.47. The number of nitrogens with one attached hydrogen (secondary N) is 3. The van der Waals surface area contributed by atoms with Gasteiger partial charge >= 0.3 is 5.97 Å². The number of aliphatic hydroxyl groups excluding tert-OH is 2. The Morgan fingerprint density at radius 2 is 1.66 bits per heavy atom. The van der Waals surface area contributed by atoms with Crippen LogP contribution in [0.25, 0.3) is 0 Å². The number of amides is 4. The summed E-state index contributed by atoms with van der Waals surface area (Å²) in [7, 11) is 0. The molecule has 1 unspecified atom stereocenters. The van der Waals surface area contributed by atoms with Gasteiger partial charge in [0.25, 0.3) is 5.91 Å². The van der Waals surface area contributed by atoms with Crippen LogP contribution in [0.3, 0.4) is 0 Å². The average molecular weight is 892 g/mol. The molecule has 1 aromatic rings. The lowest BCUT2D eigenvalue weighted by molar-refractivity contribution is -0.156. The first kappa shape index (κ1) is 53.2. The third kappa shape index (κ3) is 17.1. The maximum Gasteiger partial charge on any atom is 0.325 e. The molecule has 2 bridgehead atoms. The average Bonchev–Trinajstić information content (AvgIpc) is 3.22. The van der Waals surface area contributed by atoms with Crippen LogP contribution in [0.1, 0.15) is 100.0 Å². The van der Waals surface area contributed by atoms with Gasteiger partial charge < -0.3 is 40.4 Å². The maximum atomic E-state index is 14.4. The third-order valence-corrected chi connectivity index (χ3v) is 11.3. The Kier molecular flexibility index (Phi) is 21.6. The van der Waals surface area contributed by atoms with Crippen LogP contribution >= 0.6 is 0 Å². The number of ether oxygens (including phenoxy) is 1. The molecule has 1 aromatic carbocycles. The molecule has 2 aliphatic rings. The van der Waals surface area contributed by atoms with Gasteiger partial charge in [-0.2, -0.15) is 0 Å². The van der Waals surface area contributed by atoms with Crippen molar-refractivity contribution in [1.29, 1.82) is 0 Å². The highest BCUT2D eigenvalue weighted by molar-refractivity contribution is 5.93. The van der Waals surface area contributed by atoms with Crippen molar-refractivity contribution in [2.75, 3.05) is 19.6 Å². The van der Waals surface area contributed by atoms with Gasteiger partial charge in [-0.1, -0.05) is 97.1 Å². The molecule has 0 saturated carbocycles. The number of benzene rings is 1. The van der Waals surface area contributed by atoms with Gasteiger partial charge in [0.1, 0.15) is 35.8 Å². The van der Waals surface area contributed by atoms with Crippen LogP contribution < -0.4 is 16.1 Å². The number of cyclic esters (lactones) is 1. The molecule has 1 fully saturated rings. The van der Waals surface area contributed by atoms with Gasteiger partial charge in [0, 0.05) is 50.9 Å². The first-order valence-corrected chi connectivity index (χ1v) is 22.7. The number of carbonyl (C=O) groups excluding carboxylic acids is 6. The molecule has 354 valence electrons. The second-order valence-electron chi connectivity index (χ2n) is 18.4. The van der Waals surface area contributed by atoms with E-state index in [0.29, 0.717) is 37.1 Å². The second kappa shape index (κ2) is 26.0. The van der Waals surface area contributed by atoms with Crippen molar-refractivity contribution < 1.29 is 48.8 Å². The summed E-state index contributed by atoms with van der Waals surface area (Å²) >= 11 is 0. The highest BCUT2D eigenvalue weighted by Gasteiger charge is 2.38. The van der Waals surface area contributed by atoms with E-state index in [-0.39, 0.29) is 61.5 Å². The van der Waals surface area contributed by atoms with E-state index in [4.69, 9.17) is 4.74 Å². The fraction of sp³-hybridized carbons (Fsp3) is 0.592. The van der Waals surface area contributed by atoms with Crippen molar-refractivity contribution >= 4 is 35.4 Å². The number of esters is 1. The Bertz CT molecular complexity index is 1860. The van der Waals surface area contributed by atoms with Crippen LogP contribution in [0.5, 0.6) is 5.75 Å². The molecule has 15 heteroatoms. The SMILES string of the molecule is CC(=O)CC[C@H]1C(=O)N[C@@H](C(C)C)C(=O)N[C@@H](Cc2cccc(O)c2)C(=O)N2CCCC(N2)C(=O)O[C@H](/C(C)=C/C=C/C(=O)N(CC(C)C)CC(C)C)C/C=C/C=C/[C@H](O)[C@H](C)[C@H]1O. The van der Waals surface area contributed by atoms with Crippen LogP contribution in [0, 0.1) is 29.6 Å². The van der Waals surface area contributed by atoms with Crippen molar-refractivity contribution in [2.24, 2.45) is 29.6 Å². The molecule has 4 amide bonds. The van der Waals surface area contributed by atoms with Crippen LogP contribution in [0.4, 0.5) is 0 Å². The number of aliphatic hydroxyl groups is 2. The van der Waals surface area contributed by atoms with Crippen molar-refractivity contribution in [2.45, 2.75) is 137 Å². The first-order valence-electron chi connectivity index (χ1n) is 22.7. The third-order valence-electron chi connectivity index (χ3n) is 11.3. The van der Waals surface area contributed by atoms with Crippen molar-refractivity contribution in [3.8, 4) is 5.75 Å². The number of nitrogens with zero attached hydrogens (tertiary/aromatic N) is 2. The zero-order chi connectivity index (χ0) is 47.7. The molecule has 0 aromatic heterocycles. The van der Waals surface area contributed by atoms with E-state index in [9.17, 15) is 44.1 Å². The zero-order valence-corrected chi connectivity index (χ0v) is 39.2. The maximum absolute atomic E-state index is 14.4. The Morgan fingerprint density at radius 1 is 0.969 bits per heavy atom. The molecular weight excluding hydrogens is 819 g/mol. The largest absolute Gasteiger partial charge is 0.508 e. The minimum Gasteiger partial charge on any atom is -0.508 e. The molecule has 3 rings (SSSR count). The fourth-order valence-corrected chi connectivity index (χ4v) is 7.68. The number of hydrogen-bond donors (Lipinski definition) is 6. The van der Waals surface area contributed by atoms with E-state index in [1.807, 2.05) is 4.90 Å². The monoisotopic (exact) mass is 892 g/mol. The molecule has 0 spiro atoms. The fourth-order valence-electron chi connectivity index (χ4n) is 7.68. The summed E-state index contributed by atoms with van der Waals surface area (Å²) < 4.78 is 6.11. The molecule has 64 heavy (non-hydrogen) atoms. The number of allylic oxidation sites excluding steroid dienone is 4. The lowest BCUT2D eigenvalue weighted by atomic mass is 9.84. The number of hydrazine groups is 1.